The summed E-state index contributed by atoms with van der Waals surface area (Å²) >= 11 is 0. The Balaban J connectivity index is 1.56. The molecule has 1 atom stereocenters. The Bertz CT molecular complexity index is 787. The molecule has 5 heteroatoms. The number of halogens is 1. The Morgan fingerprint density at radius 3 is 2.63 bits per heavy atom. The van der Waals surface area contributed by atoms with E-state index in [1.807, 2.05) is 12.1 Å². The Morgan fingerprint density at radius 2 is 1.85 bits per heavy atom. The van der Waals surface area contributed by atoms with Gasteiger partial charge in [-0.05, 0) is 67.1 Å². The maximum absolute atomic E-state index is 13.4. The van der Waals surface area contributed by atoms with Crippen molar-refractivity contribution in [2.75, 3.05) is 26.2 Å². The van der Waals surface area contributed by atoms with Crippen LogP contribution in [0, 0.1) is 11.7 Å². The molecule has 2 aliphatic heterocycles. The third-order valence-corrected chi connectivity index (χ3v) is 5.60. The van der Waals surface area contributed by atoms with Crippen molar-refractivity contribution >= 4 is 6.09 Å². The van der Waals surface area contributed by atoms with Crippen LogP contribution in [0.4, 0.5) is 9.18 Å². The fraction of sp³-hybridized carbons (Fsp3) is 0.409. The van der Waals surface area contributed by atoms with Gasteiger partial charge in [0.2, 0.25) is 0 Å². The predicted octanol–water partition coefficient (Wildman–Crippen LogP) is 3.91. The Morgan fingerprint density at radius 1 is 1.11 bits per heavy atom. The van der Waals surface area contributed by atoms with Gasteiger partial charge < -0.3 is 10.1 Å². The molecule has 0 aliphatic carbocycles. The fourth-order valence-corrected chi connectivity index (χ4v) is 4.09. The first-order valence-electron chi connectivity index (χ1n) is 9.70. The van der Waals surface area contributed by atoms with Gasteiger partial charge in [0.05, 0.1) is 12.6 Å². The van der Waals surface area contributed by atoms with Gasteiger partial charge in [0.15, 0.2) is 0 Å². The van der Waals surface area contributed by atoms with Crippen molar-refractivity contribution in [2.45, 2.75) is 25.3 Å². The van der Waals surface area contributed by atoms with Crippen molar-refractivity contribution < 1.29 is 13.9 Å². The van der Waals surface area contributed by atoms with Crippen molar-refractivity contribution in [2.24, 2.45) is 5.92 Å². The molecular weight excluding hydrogens is 343 g/mol. The minimum Gasteiger partial charge on any atom is -0.449 e. The lowest BCUT2D eigenvalue weighted by Gasteiger charge is -2.37. The maximum atomic E-state index is 13.4. The average molecular weight is 368 g/mol. The second-order valence-electron chi connectivity index (χ2n) is 7.37. The number of nitrogens with zero attached hydrogens (tertiary/aromatic N) is 1. The number of amides is 1. The van der Waals surface area contributed by atoms with Crippen molar-refractivity contribution in [3.05, 3.63) is 71.0 Å². The van der Waals surface area contributed by atoms with E-state index in [2.05, 4.69) is 17.4 Å². The molecule has 27 heavy (non-hydrogen) atoms. The molecule has 2 heterocycles. The molecule has 0 spiro atoms. The zero-order chi connectivity index (χ0) is 18.6. The normalized spacial score (nSPS) is 20.2. The van der Waals surface area contributed by atoms with Crippen LogP contribution in [0.25, 0.3) is 0 Å². The number of carbonyl (C=O) groups is 1. The van der Waals surface area contributed by atoms with Crippen molar-refractivity contribution in [1.29, 1.82) is 0 Å². The molecule has 4 nitrogen and oxygen atoms in total. The Hall–Kier alpha value is -2.40. The van der Waals surface area contributed by atoms with E-state index in [-0.39, 0.29) is 18.0 Å². The number of benzene rings is 2. The van der Waals surface area contributed by atoms with E-state index in [4.69, 9.17) is 4.74 Å². The first-order chi connectivity index (χ1) is 13.2. The summed E-state index contributed by atoms with van der Waals surface area (Å²) in [6.45, 7) is 3.04. The van der Waals surface area contributed by atoms with Crippen LogP contribution in [-0.2, 0) is 11.2 Å². The summed E-state index contributed by atoms with van der Waals surface area (Å²) in [6, 6.07) is 14.3. The smallest absolute Gasteiger partial charge is 0.410 e. The second-order valence-corrected chi connectivity index (χ2v) is 7.37. The molecule has 1 unspecified atom stereocenters. The summed E-state index contributed by atoms with van der Waals surface area (Å²) in [7, 11) is 0. The molecule has 4 rings (SSSR count). The molecule has 142 valence electrons. The minimum absolute atomic E-state index is 0.240. The highest BCUT2D eigenvalue weighted by Crippen LogP contribution is 2.35. The summed E-state index contributed by atoms with van der Waals surface area (Å²) in [5, 5.41) is 3.33. The summed E-state index contributed by atoms with van der Waals surface area (Å²) in [4.78, 5) is 14.7. The van der Waals surface area contributed by atoms with Gasteiger partial charge in [-0.1, -0.05) is 36.4 Å². The first-order valence-corrected chi connectivity index (χ1v) is 9.70. The molecule has 1 amide bonds. The molecule has 1 N–H and O–H groups in total. The van der Waals surface area contributed by atoms with Crippen molar-refractivity contribution in [1.82, 2.24) is 10.2 Å². The van der Waals surface area contributed by atoms with Gasteiger partial charge in [-0.15, -0.1) is 0 Å². The van der Waals surface area contributed by atoms with Gasteiger partial charge in [0, 0.05) is 6.54 Å². The molecule has 0 aromatic heterocycles. The fourth-order valence-electron chi connectivity index (χ4n) is 4.09. The van der Waals surface area contributed by atoms with Gasteiger partial charge in [-0.25, -0.2) is 9.18 Å². The molecular formula is C22H25FN2O2. The van der Waals surface area contributed by atoms with E-state index in [1.54, 1.807) is 17.0 Å². The molecule has 2 aliphatic rings. The SMILES string of the molecule is O=C(OCC1CCNCC1)N1CCc2ccccc2C1c1ccc(F)cc1. The quantitative estimate of drug-likeness (QED) is 0.893. The van der Waals surface area contributed by atoms with Crippen LogP contribution in [0.3, 0.4) is 0 Å². The number of hydrogen-bond acceptors (Lipinski definition) is 3. The van der Waals surface area contributed by atoms with E-state index in [9.17, 15) is 9.18 Å². The summed E-state index contributed by atoms with van der Waals surface area (Å²) in [5.41, 5.74) is 3.23. The van der Waals surface area contributed by atoms with Crippen LogP contribution in [0.1, 0.15) is 35.6 Å². The number of fused-ring (bicyclic) bond motifs is 1. The van der Waals surface area contributed by atoms with Crippen LogP contribution >= 0.6 is 0 Å². The van der Waals surface area contributed by atoms with Crippen LogP contribution < -0.4 is 5.32 Å². The van der Waals surface area contributed by atoms with E-state index in [0.717, 1.165) is 43.5 Å². The zero-order valence-electron chi connectivity index (χ0n) is 15.4. The molecule has 1 saturated heterocycles. The molecule has 1 fully saturated rings. The topological polar surface area (TPSA) is 41.6 Å². The van der Waals surface area contributed by atoms with Crippen molar-refractivity contribution in [3.8, 4) is 0 Å². The predicted molar refractivity (Wildman–Crippen MR) is 102 cm³/mol. The summed E-state index contributed by atoms with van der Waals surface area (Å²) in [6.07, 6.45) is 2.60. The lowest BCUT2D eigenvalue weighted by molar-refractivity contribution is 0.0711. The minimum atomic E-state index is -0.280. The number of piperidine rings is 1. The van der Waals surface area contributed by atoms with Crippen LogP contribution in [0.15, 0.2) is 48.5 Å². The van der Waals surface area contributed by atoms with Gasteiger partial charge in [0.1, 0.15) is 5.82 Å². The van der Waals surface area contributed by atoms with Crippen LogP contribution in [-0.4, -0.2) is 37.2 Å². The van der Waals surface area contributed by atoms with Gasteiger partial charge >= 0.3 is 6.09 Å². The third-order valence-electron chi connectivity index (χ3n) is 5.60. The number of carbonyl (C=O) groups excluding carboxylic acids is 1. The summed E-state index contributed by atoms with van der Waals surface area (Å²) in [5.74, 6) is 0.152. The first kappa shape index (κ1) is 18.0. The third kappa shape index (κ3) is 3.98. The highest BCUT2D eigenvalue weighted by Gasteiger charge is 2.33. The van der Waals surface area contributed by atoms with E-state index >= 15 is 0 Å². The Kier molecular flexibility index (Phi) is 5.39. The lowest BCUT2D eigenvalue weighted by atomic mass is 9.88. The molecule has 0 bridgehead atoms. The van der Waals surface area contributed by atoms with Crippen molar-refractivity contribution in [3.63, 3.8) is 0 Å². The number of nitrogens with one attached hydrogen (secondary N) is 1. The zero-order valence-corrected chi connectivity index (χ0v) is 15.4. The van der Waals surface area contributed by atoms with E-state index in [1.165, 1.54) is 17.7 Å². The van der Waals surface area contributed by atoms with Gasteiger partial charge in [0.25, 0.3) is 0 Å². The average Bonchev–Trinajstić information content (AvgIpc) is 2.72. The standard InChI is InChI=1S/C22H25FN2O2/c23-19-7-5-18(6-8-19)21-20-4-2-1-3-17(20)11-14-25(21)22(26)27-15-16-9-12-24-13-10-16/h1-8,16,21,24H,9-15H2. The second kappa shape index (κ2) is 8.09. The number of hydrogen-bond donors (Lipinski definition) is 1. The lowest BCUT2D eigenvalue weighted by Crippen LogP contribution is -2.41. The maximum Gasteiger partial charge on any atom is 0.410 e. The Labute approximate surface area is 159 Å². The van der Waals surface area contributed by atoms with Crippen LogP contribution in [0.5, 0.6) is 0 Å². The number of ether oxygens (including phenoxy) is 1. The highest BCUT2D eigenvalue weighted by molar-refractivity contribution is 5.70. The largest absolute Gasteiger partial charge is 0.449 e. The van der Waals surface area contributed by atoms with Gasteiger partial charge in [-0.3, -0.25) is 4.90 Å². The molecule has 0 radical (unpaired) electrons. The van der Waals surface area contributed by atoms with Gasteiger partial charge in [-0.2, -0.15) is 0 Å². The van der Waals surface area contributed by atoms with E-state index in [0.29, 0.717) is 19.1 Å². The highest BCUT2D eigenvalue weighted by atomic mass is 19.1. The summed E-state index contributed by atoms with van der Waals surface area (Å²) < 4.78 is 19.1. The molecule has 0 saturated carbocycles. The monoisotopic (exact) mass is 368 g/mol. The number of rotatable bonds is 3. The van der Waals surface area contributed by atoms with E-state index < -0.39 is 0 Å². The molecule has 2 aromatic rings. The molecule has 2 aromatic carbocycles. The van der Waals surface area contributed by atoms with Crippen LogP contribution in [0.2, 0.25) is 0 Å².